The number of nitrogens with one attached hydrogen (secondary N) is 1. The molecule has 1 saturated heterocycles. The van der Waals surface area contributed by atoms with E-state index in [-0.39, 0.29) is 12.0 Å². The van der Waals surface area contributed by atoms with E-state index < -0.39 is 0 Å². The maximum Gasteiger partial charge on any atom is 0.128 e. The summed E-state index contributed by atoms with van der Waals surface area (Å²) in [6, 6.07) is 2.05. The molecular weight excluding hydrogens is 304 g/mol. The van der Waals surface area contributed by atoms with Crippen molar-refractivity contribution in [1.29, 1.82) is 0 Å². The van der Waals surface area contributed by atoms with Gasteiger partial charge in [-0.05, 0) is 33.3 Å². The fourth-order valence-corrected chi connectivity index (χ4v) is 3.56. The van der Waals surface area contributed by atoms with Crippen molar-refractivity contribution in [2.24, 2.45) is 5.92 Å². The Labute approximate surface area is 142 Å². The molecule has 24 heavy (non-hydrogen) atoms. The van der Waals surface area contributed by atoms with Gasteiger partial charge in [-0.2, -0.15) is 5.10 Å². The summed E-state index contributed by atoms with van der Waals surface area (Å²) >= 11 is 0. The van der Waals surface area contributed by atoms with Crippen molar-refractivity contribution in [2.75, 3.05) is 20.2 Å². The van der Waals surface area contributed by atoms with Crippen LogP contribution in [0.15, 0.2) is 12.3 Å². The summed E-state index contributed by atoms with van der Waals surface area (Å²) < 4.78 is 5.48. The topological polar surface area (TPSA) is 74.3 Å². The second-order valence-corrected chi connectivity index (χ2v) is 6.81. The van der Waals surface area contributed by atoms with E-state index in [9.17, 15) is 5.11 Å². The van der Waals surface area contributed by atoms with Crippen LogP contribution < -0.4 is 4.74 Å². The maximum absolute atomic E-state index is 10.4. The average Bonchev–Trinajstić information content (AvgIpc) is 3.09. The average molecular weight is 330 g/mol. The summed E-state index contributed by atoms with van der Waals surface area (Å²) in [5, 5.41) is 17.6. The Balaban J connectivity index is 1.67. The number of nitrogens with zero attached hydrogens (tertiary/aromatic N) is 3. The zero-order chi connectivity index (χ0) is 17.3. The van der Waals surface area contributed by atoms with Crippen LogP contribution in [0.1, 0.15) is 28.2 Å². The number of hydrogen-bond acceptors (Lipinski definition) is 5. The molecule has 0 radical (unpaired) electrons. The Bertz CT molecular complexity index is 713. The molecule has 0 spiro atoms. The van der Waals surface area contributed by atoms with Gasteiger partial charge in [-0.15, -0.1) is 0 Å². The van der Waals surface area contributed by atoms with Gasteiger partial charge in [0.05, 0.1) is 24.6 Å². The van der Waals surface area contributed by atoms with E-state index >= 15 is 0 Å². The van der Waals surface area contributed by atoms with Crippen LogP contribution >= 0.6 is 0 Å². The quantitative estimate of drug-likeness (QED) is 0.874. The van der Waals surface area contributed by atoms with Crippen LogP contribution in [0.5, 0.6) is 5.75 Å². The van der Waals surface area contributed by atoms with Crippen LogP contribution in [-0.2, 0) is 13.0 Å². The third kappa shape index (κ3) is 3.44. The molecular formula is C18H26N4O2. The first-order valence-electron chi connectivity index (χ1n) is 8.38. The van der Waals surface area contributed by atoms with Crippen molar-refractivity contribution in [1.82, 2.24) is 20.1 Å². The number of pyridine rings is 1. The number of aryl methyl sites for hydroxylation is 2. The van der Waals surface area contributed by atoms with Crippen LogP contribution in [0.25, 0.3) is 0 Å². The number of aliphatic hydroxyl groups is 1. The van der Waals surface area contributed by atoms with Crippen LogP contribution in [0.2, 0.25) is 0 Å². The van der Waals surface area contributed by atoms with Crippen molar-refractivity contribution in [2.45, 2.75) is 39.8 Å². The highest BCUT2D eigenvalue weighted by molar-refractivity contribution is 5.41. The molecule has 0 bridgehead atoms. The molecule has 0 amide bonds. The third-order valence-electron chi connectivity index (χ3n) is 4.84. The Morgan fingerprint density at radius 3 is 2.79 bits per heavy atom. The lowest BCUT2D eigenvalue weighted by molar-refractivity contribution is 0.140. The van der Waals surface area contributed by atoms with Gasteiger partial charge in [-0.3, -0.25) is 15.0 Å². The first-order chi connectivity index (χ1) is 11.5. The van der Waals surface area contributed by atoms with Gasteiger partial charge in [0, 0.05) is 48.6 Å². The van der Waals surface area contributed by atoms with E-state index in [2.05, 4.69) is 20.1 Å². The second-order valence-electron chi connectivity index (χ2n) is 6.81. The van der Waals surface area contributed by atoms with Crippen LogP contribution in [-0.4, -0.2) is 51.5 Å². The number of hydrogen-bond donors (Lipinski definition) is 2. The van der Waals surface area contributed by atoms with E-state index in [4.69, 9.17) is 4.74 Å². The van der Waals surface area contributed by atoms with E-state index in [0.717, 1.165) is 53.5 Å². The third-order valence-corrected chi connectivity index (χ3v) is 4.84. The lowest BCUT2D eigenvalue weighted by atomic mass is 10.0. The molecule has 0 aliphatic carbocycles. The van der Waals surface area contributed by atoms with Crippen LogP contribution in [0.3, 0.4) is 0 Å². The molecule has 6 heteroatoms. The molecule has 2 aromatic rings. The molecule has 0 aromatic carbocycles. The Hall–Kier alpha value is -1.92. The Morgan fingerprint density at radius 2 is 2.12 bits per heavy atom. The Kier molecular flexibility index (Phi) is 4.87. The number of methoxy groups -OCH3 is 1. The highest BCUT2D eigenvalue weighted by atomic mass is 16.5. The lowest BCUT2D eigenvalue weighted by Gasteiger charge is -2.18. The Morgan fingerprint density at radius 1 is 1.33 bits per heavy atom. The fraction of sp³-hybridized carbons (Fsp3) is 0.556. The molecule has 2 N–H and O–H groups in total. The molecule has 130 valence electrons. The second kappa shape index (κ2) is 6.91. The number of ether oxygens (including phenoxy) is 1. The minimum absolute atomic E-state index is 0.209. The number of aromatic amines is 1. The molecule has 1 aliphatic rings. The largest absolute Gasteiger partial charge is 0.496 e. The van der Waals surface area contributed by atoms with E-state index in [1.807, 2.05) is 33.0 Å². The summed E-state index contributed by atoms with van der Waals surface area (Å²) in [6.45, 7) is 8.30. The number of rotatable bonds is 5. The van der Waals surface area contributed by atoms with Crippen molar-refractivity contribution in [3.8, 4) is 5.75 Å². The molecule has 3 rings (SSSR count). The van der Waals surface area contributed by atoms with Gasteiger partial charge in [-0.1, -0.05) is 0 Å². The number of aliphatic hydroxyl groups excluding tert-OH is 1. The summed E-state index contributed by atoms with van der Waals surface area (Å²) in [7, 11) is 1.70. The molecule has 1 fully saturated rings. The number of aromatic nitrogens is 3. The van der Waals surface area contributed by atoms with Gasteiger partial charge in [0.1, 0.15) is 5.75 Å². The smallest absolute Gasteiger partial charge is 0.128 e. The molecule has 3 heterocycles. The summed E-state index contributed by atoms with van der Waals surface area (Å²) in [5.74, 6) is 1.11. The minimum Gasteiger partial charge on any atom is -0.496 e. The normalized spacial score (nSPS) is 21.4. The number of H-pyrrole nitrogens is 1. The molecule has 0 saturated carbocycles. The zero-order valence-electron chi connectivity index (χ0n) is 14.8. The lowest BCUT2D eigenvalue weighted by Crippen LogP contribution is -2.22. The van der Waals surface area contributed by atoms with Gasteiger partial charge in [-0.25, -0.2) is 0 Å². The minimum atomic E-state index is -0.324. The molecule has 2 aromatic heterocycles. The highest BCUT2D eigenvalue weighted by Gasteiger charge is 2.32. The van der Waals surface area contributed by atoms with Crippen LogP contribution in [0, 0.1) is 26.7 Å². The van der Waals surface area contributed by atoms with Gasteiger partial charge in [0.2, 0.25) is 0 Å². The van der Waals surface area contributed by atoms with Gasteiger partial charge in [0.25, 0.3) is 0 Å². The number of β-amino-alcohol motifs (C(OH)–C–C–N with tert-alkyl or cyclic N) is 1. The van der Waals surface area contributed by atoms with E-state index in [1.54, 1.807) is 7.11 Å². The number of likely N-dealkylation sites (tertiary alicyclic amines) is 1. The summed E-state index contributed by atoms with van der Waals surface area (Å²) in [5.41, 5.74) is 5.22. The standard InChI is InChI=1S/C18H26N4O2/c1-11-7-19-16(13(3)18(11)24-4)9-22-8-14(17(23)10-22)6-15-5-12(2)20-21-15/h5,7,14,17,23H,6,8-10H2,1-4H3,(H,20,21)/t14-,17-/m1/s1. The fourth-order valence-electron chi connectivity index (χ4n) is 3.56. The van der Waals surface area contributed by atoms with Gasteiger partial charge >= 0.3 is 0 Å². The first-order valence-corrected chi connectivity index (χ1v) is 8.38. The molecule has 6 nitrogen and oxygen atoms in total. The van der Waals surface area contributed by atoms with Gasteiger partial charge < -0.3 is 9.84 Å². The predicted octanol–water partition coefficient (Wildman–Crippen LogP) is 1.77. The molecule has 0 unspecified atom stereocenters. The highest BCUT2D eigenvalue weighted by Crippen LogP contribution is 2.27. The summed E-state index contributed by atoms with van der Waals surface area (Å²) in [6.07, 6.45) is 2.33. The zero-order valence-corrected chi connectivity index (χ0v) is 14.8. The monoisotopic (exact) mass is 330 g/mol. The van der Waals surface area contributed by atoms with E-state index in [1.165, 1.54) is 0 Å². The predicted molar refractivity (Wildman–Crippen MR) is 92.1 cm³/mol. The first kappa shape index (κ1) is 16.9. The maximum atomic E-state index is 10.4. The van der Waals surface area contributed by atoms with Crippen molar-refractivity contribution in [3.63, 3.8) is 0 Å². The van der Waals surface area contributed by atoms with Crippen molar-refractivity contribution >= 4 is 0 Å². The SMILES string of the molecule is COc1c(C)cnc(CN2C[C@@H](Cc3cc(C)[nH]n3)[C@H](O)C2)c1C. The molecule has 2 atom stereocenters. The molecule has 1 aliphatic heterocycles. The van der Waals surface area contributed by atoms with Crippen molar-refractivity contribution < 1.29 is 9.84 Å². The van der Waals surface area contributed by atoms with Crippen LogP contribution in [0.4, 0.5) is 0 Å². The van der Waals surface area contributed by atoms with Gasteiger partial charge in [0.15, 0.2) is 0 Å². The summed E-state index contributed by atoms with van der Waals surface area (Å²) in [4.78, 5) is 6.83. The van der Waals surface area contributed by atoms with Crippen molar-refractivity contribution in [3.05, 3.63) is 40.5 Å². The van der Waals surface area contributed by atoms with E-state index in [0.29, 0.717) is 6.54 Å².